The summed E-state index contributed by atoms with van der Waals surface area (Å²) in [6.45, 7) is 9.77. The van der Waals surface area contributed by atoms with Crippen molar-refractivity contribution < 1.29 is 28.7 Å². The summed E-state index contributed by atoms with van der Waals surface area (Å²) in [6.07, 6.45) is 1.64. The molecule has 1 atom stereocenters. The molecule has 1 unspecified atom stereocenters. The third-order valence-corrected chi connectivity index (χ3v) is 8.94. The number of hydrogen-bond donors (Lipinski definition) is 1. The Balaban J connectivity index is 1.28. The highest BCUT2D eigenvalue weighted by atomic mass is 32.1. The molecule has 11 heteroatoms. The summed E-state index contributed by atoms with van der Waals surface area (Å²) in [4.78, 5) is 57.8. The Morgan fingerprint density at radius 2 is 1.83 bits per heavy atom. The standard InChI is InChI=1S/C30H38N4O6S/c1-5-34-26(36)30(40-28(34)38)14-9-15-33(19-30)21-12-16-32(17-13-21)25(35)22-18-23(20-10-7-6-8-11-20)41-24(22)31-27(37)39-29(2,3)4/h6-8,10-11,18,21H,5,9,12-17,19H2,1-4H3,(H,31,37). The van der Waals surface area contributed by atoms with E-state index >= 15 is 0 Å². The van der Waals surface area contributed by atoms with Gasteiger partial charge in [0, 0.05) is 37.1 Å². The number of hydrogen-bond acceptors (Lipinski definition) is 8. The SMILES string of the molecule is CCN1C(=O)OC2(CCCN(C3CCN(C(=O)c4cc(-c5ccccc5)sc4NC(=O)OC(C)(C)C)CC3)C2)C1=O. The van der Waals surface area contributed by atoms with Gasteiger partial charge in [0.2, 0.25) is 5.60 Å². The summed E-state index contributed by atoms with van der Waals surface area (Å²) in [7, 11) is 0. The summed E-state index contributed by atoms with van der Waals surface area (Å²) in [5.74, 6) is -0.374. The van der Waals surface area contributed by atoms with Crippen LogP contribution in [0.2, 0.25) is 0 Å². The number of nitrogens with one attached hydrogen (secondary N) is 1. The normalized spacial score (nSPS) is 22.2. The molecule has 3 aliphatic heterocycles. The number of piperidine rings is 2. The zero-order valence-electron chi connectivity index (χ0n) is 24.1. The Morgan fingerprint density at radius 3 is 2.46 bits per heavy atom. The molecule has 1 spiro atoms. The Hall–Kier alpha value is -3.44. The number of carbonyl (C=O) groups is 4. The molecule has 3 aliphatic rings. The maximum Gasteiger partial charge on any atom is 0.417 e. The van der Waals surface area contributed by atoms with E-state index in [4.69, 9.17) is 9.47 Å². The number of imide groups is 1. The van der Waals surface area contributed by atoms with Crippen molar-refractivity contribution in [1.29, 1.82) is 0 Å². The lowest BCUT2D eigenvalue weighted by atomic mass is 9.89. The Morgan fingerprint density at radius 1 is 1.12 bits per heavy atom. The van der Waals surface area contributed by atoms with Gasteiger partial charge in [0.1, 0.15) is 10.6 Å². The van der Waals surface area contributed by atoms with E-state index in [0.717, 1.165) is 36.2 Å². The molecule has 0 radical (unpaired) electrons. The predicted molar refractivity (Wildman–Crippen MR) is 156 cm³/mol. The average molecular weight is 583 g/mol. The topological polar surface area (TPSA) is 108 Å². The first-order valence-electron chi connectivity index (χ1n) is 14.3. The average Bonchev–Trinajstić information content (AvgIpc) is 3.45. The minimum Gasteiger partial charge on any atom is -0.444 e. The van der Waals surface area contributed by atoms with Crippen molar-refractivity contribution in [2.45, 2.75) is 70.6 Å². The molecule has 0 aliphatic carbocycles. The minimum absolute atomic E-state index is 0.137. The number of rotatable bonds is 5. The first kappa shape index (κ1) is 29.1. The Labute approximate surface area is 244 Å². The number of amides is 4. The molecular weight excluding hydrogens is 544 g/mol. The second kappa shape index (κ2) is 11.4. The summed E-state index contributed by atoms with van der Waals surface area (Å²) < 4.78 is 11.1. The van der Waals surface area contributed by atoms with Crippen LogP contribution in [0.4, 0.5) is 14.6 Å². The smallest absolute Gasteiger partial charge is 0.417 e. The minimum atomic E-state index is -1.09. The highest BCUT2D eigenvalue weighted by molar-refractivity contribution is 7.20. The lowest BCUT2D eigenvalue weighted by Crippen LogP contribution is -2.57. The molecule has 5 rings (SSSR count). The van der Waals surface area contributed by atoms with Gasteiger partial charge >= 0.3 is 12.2 Å². The third kappa shape index (κ3) is 6.11. The molecule has 220 valence electrons. The van der Waals surface area contributed by atoms with E-state index in [9.17, 15) is 19.2 Å². The molecule has 4 amide bonds. The fourth-order valence-corrected chi connectivity index (χ4v) is 6.92. The van der Waals surface area contributed by atoms with E-state index in [1.807, 2.05) is 41.3 Å². The zero-order chi connectivity index (χ0) is 29.4. The first-order valence-corrected chi connectivity index (χ1v) is 15.1. The third-order valence-electron chi connectivity index (χ3n) is 7.84. The summed E-state index contributed by atoms with van der Waals surface area (Å²) in [6, 6.07) is 11.8. The molecule has 1 N–H and O–H groups in total. The lowest BCUT2D eigenvalue weighted by molar-refractivity contribution is -0.142. The highest BCUT2D eigenvalue weighted by Crippen LogP contribution is 2.38. The van der Waals surface area contributed by atoms with Crippen LogP contribution in [0.5, 0.6) is 0 Å². The van der Waals surface area contributed by atoms with Crippen molar-refractivity contribution in [2.24, 2.45) is 0 Å². The van der Waals surface area contributed by atoms with Crippen molar-refractivity contribution in [3.05, 3.63) is 42.0 Å². The predicted octanol–water partition coefficient (Wildman–Crippen LogP) is 5.20. The van der Waals surface area contributed by atoms with Gasteiger partial charge in [-0.1, -0.05) is 30.3 Å². The largest absolute Gasteiger partial charge is 0.444 e. The van der Waals surface area contributed by atoms with Crippen LogP contribution in [0.15, 0.2) is 36.4 Å². The van der Waals surface area contributed by atoms with Crippen LogP contribution in [-0.2, 0) is 14.3 Å². The monoisotopic (exact) mass is 582 g/mol. The van der Waals surface area contributed by atoms with E-state index in [2.05, 4.69) is 10.2 Å². The van der Waals surface area contributed by atoms with Crippen LogP contribution in [0, 0.1) is 0 Å². The van der Waals surface area contributed by atoms with Gasteiger partial charge < -0.3 is 14.4 Å². The van der Waals surface area contributed by atoms with E-state index in [1.54, 1.807) is 27.7 Å². The maximum atomic E-state index is 13.8. The Kier molecular flexibility index (Phi) is 8.11. The number of likely N-dealkylation sites (N-methyl/N-ethyl adjacent to an activating group) is 1. The number of benzene rings is 1. The maximum absolute atomic E-state index is 13.8. The molecule has 10 nitrogen and oxygen atoms in total. The van der Waals surface area contributed by atoms with Gasteiger partial charge in [-0.3, -0.25) is 19.8 Å². The summed E-state index contributed by atoms with van der Waals surface area (Å²) >= 11 is 1.35. The van der Waals surface area contributed by atoms with Crippen LogP contribution < -0.4 is 5.32 Å². The van der Waals surface area contributed by atoms with Crippen molar-refractivity contribution in [2.75, 3.05) is 38.0 Å². The molecule has 4 heterocycles. The fourth-order valence-electron chi connectivity index (χ4n) is 5.88. The van der Waals surface area contributed by atoms with Gasteiger partial charge in [-0.15, -0.1) is 11.3 Å². The first-order chi connectivity index (χ1) is 19.5. The van der Waals surface area contributed by atoms with Gasteiger partial charge in [0.05, 0.1) is 5.56 Å². The van der Waals surface area contributed by atoms with Gasteiger partial charge in [0.15, 0.2) is 0 Å². The van der Waals surface area contributed by atoms with Crippen molar-refractivity contribution in [3.8, 4) is 10.4 Å². The van der Waals surface area contributed by atoms with E-state index in [0.29, 0.717) is 43.2 Å². The summed E-state index contributed by atoms with van der Waals surface area (Å²) in [5.41, 5.74) is -0.354. The number of nitrogens with zero attached hydrogens (tertiary/aromatic N) is 3. The van der Waals surface area contributed by atoms with Gasteiger partial charge in [0.25, 0.3) is 11.8 Å². The van der Waals surface area contributed by atoms with Crippen molar-refractivity contribution in [1.82, 2.24) is 14.7 Å². The Bertz CT molecular complexity index is 1310. The number of thiophene rings is 1. The van der Waals surface area contributed by atoms with Crippen LogP contribution in [0.1, 0.15) is 63.7 Å². The van der Waals surface area contributed by atoms with Crippen LogP contribution in [0.3, 0.4) is 0 Å². The van der Waals surface area contributed by atoms with E-state index in [-0.39, 0.29) is 17.9 Å². The van der Waals surface area contributed by atoms with E-state index in [1.165, 1.54) is 16.2 Å². The second-order valence-electron chi connectivity index (χ2n) is 11.9. The van der Waals surface area contributed by atoms with Crippen molar-refractivity contribution in [3.63, 3.8) is 0 Å². The molecule has 3 fully saturated rings. The molecule has 3 saturated heterocycles. The molecular formula is C30H38N4O6S. The fraction of sp³-hybridized carbons (Fsp3) is 0.533. The van der Waals surface area contributed by atoms with Gasteiger partial charge in [-0.2, -0.15) is 0 Å². The van der Waals surface area contributed by atoms with Crippen molar-refractivity contribution >= 4 is 40.3 Å². The molecule has 41 heavy (non-hydrogen) atoms. The molecule has 1 aromatic heterocycles. The zero-order valence-corrected chi connectivity index (χ0v) is 24.9. The highest BCUT2D eigenvalue weighted by Gasteiger charge is 2.55. The molecule has 0 bridgehead atoms. The van der Waals surface area contributed by atoms with Crippen LogP contribution in [-0.4, -0.2) is 88.7 Å². The molecule has 2 aromatic rings. The second-order valence-corrected chi connectivity index (χ2v) is 12.9. The van der Waals surface area contributed by atoms with Crippen LogP contribution in [0.25, 0.3) is 10.4 Å². The molecule has 1 aromatic carbocycles. The number of ether oxygens (including phenoxy) is 2. The lowest BCUT2D eigenvalue weighted by Gasteiger charge is -2.44. The number of carbonyl (C=O) groups excluding carboxylic acids is 4. The van der Waals surface area contributed by atoms with Crippen LogP contribution >= 0.6 is 11.3 Å². The quantitative estimate of drug-likeness (QED) is 0.516. The van der Waals surface area contributed by atoms with E-state index < -0.39 is 23.4 Å². The van der Waals surface area contributed by atoms with Gasteiger partial charge in [-0.05, 0) is 71.6 Å². The van der Waals surface area contributed by atoms with Gasteiger partial charge in [-0.25, -0.2) is 14.5 Å². The summed E-state index contributed by atoms with van der Waals surface area (Å²) in [5, 5.41) is 3.27. The molecule has 0 saturated carbocycles. The number of anilines is 1. The number of likely N-dealkylation sites (tertiary alicyclic amines) is 2.